The Balaban J connectivity index is 1.68. The molecule has 1 atom stereocenters. The maximum absolute atomic E-state index is 12.7. The van der Waals surface area contributed by atoms with Gasteiger partial charge in [-0.05, 0) is 36.1 Å². The first-order valence-electron chi connectivity index (χ1n) is 8.81. The van der Waals surface area contributed by atoms with Crippen LogP contribution < -0.4 is 10.6 Å². The number of carbonyl (C=O) groups is 1. The van der Waals surface area contributed by atoms with Gasteiger partial charge in [0, 0.05) is 42.1 Å². The van der Waals surface area contributed by atoms with Gasteiger partial charge in [-0.15, -0.1) is 11.3 Å². The zero-order chi connectivity index (χ0) is 18.4. The summed E-state index contributed by atoms with van der Waals surface area (Å²) in [6.07, 6.45) is 5.49. The molecule has 0 aliphatic heterocycles. The van der Waals surface area contributed by atoms with Gasteiger partial charge >= 0.3 is 0 Å². The highest BCUT2D eigenvalue weighted by atomic mass is 32.1. The lowest BCUT2D eigenvalue weighted by Gasteiger charge is -2.18. The van der Waals surface area contributed by atoms with E-state index in [1.807, 2.05) is 48.1 Å². The van der Waals surface area contributed by atoms with Crippen molar-refractivity contribution in [1.29, 1.82) is 0 Å². The van der Waals surface area contributed by atoms with E-state index in [2.05, 4.69) is 34.0 Å². The molecule has 0 bridgehead atoms. The third-order valence-electron chi connectivity index (χ3n) is 4.22. The molecule has 6 heteroatoms. The van der Waals surface area contributed by atoms with Gasteiger partial charge in [0.05, 0.1) is 6.04 Å². The lowest BCUT2D eigenvalue weighted by atomic mass is 10.1. The van der Waals surface area contributed by atoms with E-state index in [1.165, 1.54) is 4.88 Å². The Hall–Kier alpha value is -2.60. The van der Waals surface area contributed by atoms with Gasteiger partial charge in [-0.3, -0.25) is 4.79 Å². The second-order valence-corrected chi connectivity index (χ2v) is 7.26. The van der Waals surface area contributed by atoms with Crippen LogP contribution in [0, 0.1) is 0 Å². The minimum atomic E-state index is -0.0877. The van der Waals surface area contributed by atoms with Crippen LogP contribution in [0.1, 0.15) is 46.9 Å². The Morgan fingerprint density at radius 3 is 2.88 bits per heavy atom. The number of thiophene rings is 1. The number of anilines is 1. The molecule has 2 N–H and O–H groups in total. The number of aryl methyl sites for hydroxylation is 1. The van der Waals surface area contributed by atoms with E-state index in [0.717, 1.165) is 30.9 Å². The van der Waals surface area contributed by atoms with Crippen molar-refractivity contribution in [2.24, 2.45) is 7.05 Å². The SMILES string of the molecule is CCC[C@@H](NC(=O)c1cccc(NCc2cccs2)c1)c1nccn1C. The van der Waals surface area contributed by atoms with E-state index in [1.54, 1.807) is 17.5 Å². The highest BCUT2D eigenvalue weighted by molar-refractivity contribution is 7.09. The topological polar surface area (TPSA) is 59.0 Å². The molecule has 2 heterocycles. The summed E-state index contributed by atoms with van der Waals surface area (Å²) in [7, 11) is 1.95. The normalized spacial score (nSPS) is 11.9. The third kappa shape index (κ3) is 4.52. The maximum Gasteiger partial charge on any atom is 0.251 e. The van der Waals surface area contributed by atoms with Gasteiger partial charge in [0.1, 0.15) is 5.82 Å². The van der Waals surface area contributed by atoms with Gasteiger partial charge in [0.2, 0.25) is 0 Å². The van der Waals surface area contributed by atoms with Crippen molar-refractivity contribution in [3.63, 3.8) is 0 Å². The molecule has 2 aromatic heterocycles. The Bertz CT molecular complexity index is 841. The van der Waals surface area contributed by atoms with E-state index >= 15 is 0 Å². The molecule has 1 aromatic carbocycles. The highest BCUT2D eigenvalue weighted by Crippen LogP contribution is 2.19. The Morgan fingerprint density at radius 1 is 1.31 bits per heavy atom. The molecule has 0 saturated heterocycles. The molecule has 3 rings (SSSR count). The van der Waals surface area contributed by atoms with Gasteiger partial charge in [-0.25, -0.2) is 4.98 Å². The Kier molecular flexibility index (Phi) is 6.07. The quantitative estimate of drug-likeness (QED) is 0.621. The number of nitrogens with zero attached hydrogens (tertiary/aromatic N) is 2. The number of imidazole rings is 1. The standard InChI is InChI=1S/C20H24N4OS/c1-3-6-18(19-21-10-11-24(19)2)23-20(25)15-7-4-8-16(13-15)22-14-17-9-5-12-26-17/h4-5,7-13,18,22H,3,6,14H2,1-2H3,(H,23,25)/t18-/m1/s1. The van der Waals surface area contributed by atoms with Crippen LogP contribution in [0.4, 0.5) is 5.69 Å². The minimum Gasteiger partial charge on any atom is -0.380 e. The Morgan fingerprint density at radius 2 is 2.19 bits per heavy atom. The van der Waals surface area contributed by atoms with Crippen molar-refractivity contribution < 1.29 is 4.79 Å². The number of amides is 1. The first kappa shape index (κ1) is 18.2. The van der Waals surface area contributed by atoms with Gasteiger partial charge in [-0.1, -0.05) is 25.5 Å². The number of rotatable bonds is 8. The molecule has 26 heavy (non-hydrogen) atoms. The van der Waals surface area contributed by atoms with E-state index in [-0.39, 0.29) is 11.9 Å². The molecule has 0 saturated carbocycles. The fourth-order valence-electron chi connectivity index (χ4n) is 2.88. The molecule has 0 aliphatic rings. The summed E-state index contributed by atoms with van der Waals surface area (Å²) in [6.45, 7) is 2.87. The highest BCUT2D eigenvalue weighted by Gasteiger charge is 2.18. The van der Waals surface area contributed by atoms with Crippen LogP contribution in [-0.2, 0) is 13.6 Å². The smallest absolute Gasteiger partial charge is 0.251 e. The molecule has 3 aromatic rings. The average molecular weight is 369 g/mol. The van der Waals surface area contributed by atoms with Crippen LogP contribution in [0.2, 0.25) is 0 Å². The summed E-state index contributed by atoms with van der Waals surface area (Å²) in [4.78, 5) is 18.4. The van der Waals surface area contributed by atoms with Crippen molar-refractivity contribution in [3.05, 3.63) is 70.4 Å². The van der Waals surface area contributed by atoms with E-state index in [9.17, 15) is 4.79 Å². The van der Waals surface area contributed by atoms with Gasteiger partial charge in [-0.2, -0.15) is 0 Å². The van der Waals surface area contributed by atoms with Crippen LogP contribution in [-0.4, -0.2) is 15.5 Å². The molecule has 0 spiro atoms. The second-order valence-electron chi connectivity index (χ2n) is 6.22. The summed E-state index contributed by atoms with van der Waals surface area (Å²) in [6, 6.07) is 11.7. The molecule has 0 aliphatic carbocycles. The van der Waals surface area contributed by atoms with Crippen LogP contribution in [0.15, 0.2) is 54.2 Å². The fraction of sp³-hybridized carbons (Fsp3) is 0.300. The molecule has 5 nitrogen and oxygen atoms in total. The van der Waals surface area contributed by atoms with Crippen molar-refractivity contribution in [3.8, 4) is 0 Å². The largest absolute Gasteiger partial charge is 0.380 e. The average Bonchev–Trinajstić information content (AvgIpc) is 3.31. The molecule has 0 fully saturated rings. The zero-order valence-corrected chi connectivity index (χ0v) is 15.9. The van der Waals surface area contributed by atoms with Crippen molar-refractivity contribution in [2.45, 2.75) is 32.4 Å². The molecular weight excluding hydrogens is 344 g/mol. The third-order valence-corrected chi connectivity index (χ3v) is 5.10. The van der Waals surface area contributed by atoms with Crippen LogP contribution in [0.25, 0.3) is 0 Å². The van der Waals surface area contributed by atoms with E-state index in [4.69, 9.17) is 0 Å². The van der Waals surface area contributed by atoms with Crippen molar-refractivity contribution >= 4 is 22.9 Å². The molecule has 0 unspecified atom stereocenters. The van der Waals surface area contributed by atoms with Gasteiger partial charge < -0.3 is 15.2 Å². The number of nitrogens with one attached hydrogen (secondary N) is 2. The first-order chi connectivity index (χ1) is 12.7. The summed E-state index contributed by atoms with van der Waals surface area (Å²) in [5.74, 6) is 0.804. The lowest BCUT2D eigenvalue weighted by molar-refractivity contribution is 0.0932. The van der Waals surface area contributed by atoms with Gasteiger partial charge in [0.15, 0.2) is 0 Å². The number of hydrogen-bond acceptors (Lipinski definition) is 4. The number of aromatic nitrogens is 2. The summed E-state index contributed by atoms with van der Waals surface area (Å²) < 4.78 is 1.96. The predicted molar refractivity (Wildman–Crippen MR) is 106 cm³/mol. The number of benzene rings is 1. The maximum atomic E-state index is 12.7. The number of hydrogen-bond donors (Lipinski definition) is 2. The van der Waals surface area contributed by atoms with Crippen LogP contribution >= 0.6 is 11.3 Å². The second kappa shape index (κ2) is 8.67. The number of carbonyl (C=O) groups excluding carboxylic acids is 1. The van der Waals surface area contributed by atoms with Crippen LogP contribution in [0.5, 0.6) is 0 Å². The molecule has 1 amide bonds. The van der Waals surface area contributed by atoms with Crippen LogP contribution in [0.3, 0.4) is 0 Å². The monoisotopic (exact) mass is 368 g/mol. The first-order valence-corrected chi connectivity index (χ1v) is 9.69. The molecular formula is C20H24N4OS. The molecule has 136 valence electrons. The predicted octanol–water partition coefficient (Wildman–Crippen LogP) is 4.36. The summed E-state index contributed by atoms with van der Waals surface area (Å²) in [5, 5.41) is 8.56. The van der Waals surface area contributed by atoms with E-state index in [0.29, 0.717) is 5.56 Å². The minimum absolute atomic E-state index is 0.0776. The lowest BCUT2D eigenvalue weighted by Crippen LogP contribution is -2.30. The van der Waals surface area contributed by atoms with Crippen molar-refractivity contribution in [2.75, 3.05) is 5.32 Å². The summed E-state index contributed by atoms with van der Waals surface area (Å²) >= 11 is 1.72. The summed E-state index contributed by atoms with van der Waals surface area (Å²) in [5.41, 5.74) is 1.59. The zero-order valence-electron chi connectivity index (χ0n) is 15.1. The molecule has 0 radical (unpaired) electrons. The van der Waals surface area contributed by atoms with Crippen molar-refractivity contribution in [1.82, 2.24) is 14.9 Å². The Labute approximate surface area is 158 Å². The van der Waals surface area contributed by atoms with E-state index < -0.39 is 0 Å². The fourth-order valence-corrected chi connectivity index (χ4v) is 3.53. The van der Waals surface area contributed by atoms with Gasteiger partial charge in [0.25, 0.3) is 5.91 Å².